The summed E-state index contributed by atoms with van der Waals surface area (Å²) in [6.07, 6.45) is 7.18. The minimum absolute atomic E-state index is 0.197. The number of para-hydroxylation sites is 2. The third-order valence-electron chi connectivity index (χ3n) is 11.5. The molecule has 0 aliphatic rings. The highest BCUT2D eigenvalue weighted by molar-refractivity contribution is 6.00. The summed E-state index contributed by atoms with van der Waals surface area (Å²) in [5.74, 6) is 1.84. The summed E-state index contributed by atoms with van der Waals surface area (Å²) >= 11 is 0. The van der Waals surface area contributed by atoms with E-state index in [2.05, 4.69) is 9.98 Å². The minimum atomic E-state index is -0.996. The second-order valence-electron chi connectivity index (χ2n) is 16.4. The Morgan fingerprint density at radius 2 is 1.14 bits per heavy atom. The van der Waals surface area contributed by atoms with Crippen LogP contribution in [0.4, 0.5) is 0 Å². The van der Waals surface area contributed by atoms with E-state index in [0.29, 0.717) is 38.7 Å². The first-order valence-corrected chi connectivity index (χ1v) is 24.5. The van der Waals surface area contributed by atoms with E-state index in [0.717, 1.165) is 78.0 Å². The number of rotatable bonds is 18. The highest BCUT2D eigenvalue weighted by atomic mass is 16.5. The molecule has 0 unspecified atom stereocenters. The van der Waals surface area contributed by atoms with Gasteiger partial charge in [0.2, 0.25) is 0 Å². The lowest BCUT2D eigenvalue weighted by atomic mass is 10.1. The van der Waals surface area contributed by atoms with Gasteiger partial charge in [-0.2, -0.15) is 0 Å². The SMILES string of the molecule is CC.CCOc1cccc(-c2nccc3c2cc(C(=O)O)n3Cc2ccc(COc3ccccc3)cc2)c1.CCOc1cccc(/C=c2\cc(C(=O)O)n(Cc3ccc(Oc4ccccc4)cc3)\c2=C\C=NC)c1. The fourth-order valence-corrected chi connectivity index (χ4v) is 8.16. The van der Waals surface area contributed by atoms with Crippen molar-refractivity contribution in [3.63, 3.8) is 0 Å². The number of aromatic carboxylic acids is 2. The molecule has 0 saturated carbocycles. The first-order valence-electron chi connectivity index (χ1n) is 24.5. The van der Waals surface area contributed by atoms with E-state index in [1.807, 2.05) is 208 Å². The molecule has 9 aromatic rings. The average molecular weight is 989 g/mol. The Morgan fingerprint density at radius 3 is 1.77 bits per heavy atom. The Morgan fingerprint density at radius 1 is 0.581 bits per heavy atom. The van der Waals surface area contributed by atoms with E-state index < -0.39 is 11.9 Å². The molecule has 0 aliphatic carbocycles. The summed E-state index contributed by atoms with van der Waals surface area (Å²) in [4.78, 5) is 33.0. The van der Waals surface area contributed by atoms with Crippen LogP contribution < -0.4 is 29.5 Å². The maximum atomic E-state index is 12.2. The van der Waals surface area contributed by atoms with Gasteiger partial charge in [0.05, 0.1) is 29.8 Å². The Balaban J connectivity index is 0.000000209. The fraction of sp³-hybridized carbons (Fsp3) is 0.161. The van der Waals surface area contributed by atoms with Gasteiger partial charge in [-0.15, -0.1) is 0 Å². The topological polar surface area (TPSA) is 147 Å². The molecule has 0 radical (unpaired) electrons. The highest BCUT2D eigenvalue weighted by Crippen LogP contribution is 2.32. The molecular weight excluding hydrogens is 929 g/mol. The van der Waals surface area contributed by atoms with Crippen LogP contribution in [0.5, 0.6) is 28.7 Å². The first-order chi connectivity index (χ1) is 36.2. The van der Waals surface area contributed by atoms with E-state index >= 15 is 0 Å². The van der Waals surface area contributed by atoms with E-state index in [4.69, 9.17) is 18.9 Å². The van der Waals surface area contributed by atoms with Crippen molar-refractivity contribution in [1.82, 2.24) is 14.1 Å². The van der Waals surface area contributed by atoms with E-state index in [1.54, 1.807) is 36.2 Å². The predicted molar refractivity (Wildman–Crippen MR) is 294 cm³/mol. The molecule has 74 heavy (non-hydrogen) atoms. The van der Waals surface area contributed by atoms with Crippen molar-refractivity contribution in [2.75, 3.05) is 20.3 Å². The van der Waals surface area contributed by atoms with Crippen LogP contribution in [-0.2, 0) is 19.7 Å². The molecule has 0 atom stereocenters. The number of aromatic nitrogens is 3. The third-order valence-corrected chi connectivity index (χ3v) is 11.5. The van der Waals surface area contributed by atoms with Gasteiger partial charge in [0.15, 0.2) is 0 Å². The molecule has 3 heterocycles. The Kier molecular flexibility index (Phi) is 18.7. The predicted octanol–water partition coefficient (Wildman–Crippen LogP) is 12.2. The number of aliphatic imine (C=N–C) groups is 1. The number of carboxylic acids is 2. The van der Waals surface area contributed by atoms with Gasteiger partial charge in [-0.3, -0.25) is 9.98 Å². The molecule has 0 bridgehead atoms. The van der Waals surface area contributed by atoms with Crippen molar-refractivity contribution in [3.8, 4) is 40.0 Å². The molecule has 0 fully saturated rings. The van der Waals surface area contributed by atoms with Crippen LogP contribution in [0.1, 0.15) is 70.9 Å². The zero-order valence-electron chi connectivity index (χ0n) is 42.2. The van der Waals surface area contributed by atoms with Gasteiger partial charge in [-0.05, 0) is 127 Å². The Bertz CT molecular complexity index is 3420. The van der Waals surface area contributed by atoms with Gasteiger partial charge in [-0.1, -0.05) is 111 Å². The standard InChI is InChI=1S/C30H26N2O4.C30H28N2O4.C2H6/c1-2-35-25-10-6-7-23(17-25)29-26-18-28(30(33)34)32(27(26)15-16-31-29)19-21-11-13-22(14-12-21)20-36-24-8-4-3-5-9-24;1-3-35-27-11-7-8-23(19-27)18-24-20-29(30(33)34)32(28(24)16-17-31-2)21-22-12-14-26(15-13-22)36-25-9-5-4-6-10-25;1-2/h3-18H,2,19-20H2,1H3,(H,33,34);4-20H,3,21H2,1-2H3,(H,33,34);1-2H3/b;24-18+,28-16+,31-17?;. The molecule has 6 aromatic carbocycles. The molecule has 0 spiro atoms. The van der Waals surface area contributed by atoms with Gasteiger partial charge in [0.1, 0.15) is 46.7 Å². The molecule has 376 valence electrons. The molecule has 0 saturated heterocycles. The second-order valence-corrected chi connectivity index (χ2v) is 16.4. The smallest absolute Gasteiger partial charge is 0.352 e. The van der Waals surface area contributed by atoms with E-state index in [-0.39, 0.29) is 11.4 Å². The fourth-order valence-electron chi connectivity index (χ4n) is 8.16. The lowest BCUT2D eigenvalue weighted by molar-refractivity contribution is 0.0675. The van der Waals surface area contributed by atoms with Gasteiger partial charge in [0.25, 0.3) is 0 Å². The summed E-state index contributed by atoms with van der Waals surface area (Å²) in [5.41, 5.74) is 6.73. The average Bonchev–Trinajstić information content (AvgIpc) is 3.97. The molecule has 12 heteroatoms. The molecule has 0 aliphatic heterocycles. The number of carbonyl (C=O) groups is 2. The van der Waals surface area contributed by atoms with Crippen LogP contribution in [0.2, 0.25) is 0 Å². The number of nitrogens with zero attached hydrogens (tertiary/aromatic N) is 4. The van der Waals surface area contributed by atoms with Crippen LogP contribution >= 0.6 is 0 Å². The number of fused-ring (bicyclic) bond motifs is 1. The van der Waals surface area contributed by atoms with Crippen molar-refractivity contribution >= 4 is 41.2 Å². The normalized spacial score (nSPS) is 11.4. The molecular formula is C62H60N4O8. The van der Waals surface area contributed by atoms with Gasteiger partial charge < -0.3 is 38.3 Å². The minimum Gasteiger partial charge on any atom is -0.494 e. The van der Waals surface area contributed by atoms with Crippen LogP contribution in [-0.4, -0.2) is 62.7 Å². The number of ether oxygens (including phenoxy) is 4. The molecule has 2 N–H and O–H groups in total. The summed E-state index contributed by atoms with van der Waals surface area (Å²) in [7, 11) is 1.68. The Hall–Kier alpha value is -9.16. The lowest BCUT2D eigenvalue weighted by Crippen LogP contribution is -2.30. The molecule has 0 amide bonds. The molecule has 9 rings (SSSR count). The van der Waals surface area contributed by atoms with Crippen molar-refractivity contribution in [2.24, 2.45) is 4.99 Å². The zero-order chi connectivity index (χ0) is 52.2. The van der Waals surface area contributed by atoms with Crippen LogP contribution in [0.25, 0.3) is 34.3 Å². The highest BCUT2D eigenvalue weighted by Gasteiger charge is 2.19. The van der Waals surface area contributed by atoms with Crippen molar-refractivity contribution in [2.45, 2.75) is 47.4 Å². The number of benzene rings is 6. The Labute approximate surface area is 431 Å². The summed E-state index contributed by atoms with van der Waals surface area (Å²) in [6.45, 7) is 10.3. The maximum Gasteiger partial charge on any atom is 0.352 e. The van der Waals surface area contributed by atoms with Crippen LogP contribution in [0, 0.1) is 0 Å². The van der Waals surface area contributed by atoms with Crippen molar-refractivity contribution < 1.29 is 38.7 Å². The zero-order valence-corrected chi connectivity index (χ0v) is 42.2. The van der Waals surface area contributed by atoms with Crippen molar-refractivity contribution in [3.05, 3.63) is 226 Å². The van der Waals surface area contributed by atoms with E-state index in [1.165, 1.54) is 0 Å². The lowest BCUT2D eigenvalue weighted by Gasteiger charge is -2.11. The monoisotopic (exact) mass is 988 g/mol. The first kappa shape index (κ1) is 52.7. The third kappa shape index (κ3) is 13.8. The second kappa shape index (κ2) is 26.3. The number of hydrogen-bond donors (Lipinski definition) is 2. The molecule has 3 aromatic heterocycles. The number of pyridine rings is 1. The number of carboxylic acid groups (broad SMARTS) is 2. The van der Waals surface area contributed by atoms with Crippen LogP contribution in [0.15, 0.2) is 187 Å². The summed E-state index contributed by atoms with van der Waals surface area (Å²) < 4.78 is 26.6. The maximum absolute atomic E-state index is 12.2. The number of hydrogen-bond acceptors (Lipinski definition) is 8. The largest absolute Gasteiger partial charge is 0.494 e. The molecule has 12 nitrogen and oxygen atoms in total. The van der Waals surface area contributed by atoms with E-state index in [9.17, 15) is 19.8 Å². The van der Waals surface area contributed by atoms with Gasteiger partial charge in [-0.25, -0.2) is 9.59 Å². The van der Waals surface area contributed by atoms with Crippen molar-refractivity contribution in [1.29, 1.82) is 0 Å². The summed E-state index contributed by atoms with van der Waals surface area (Å²) in [5, 5.41) is 22.3. The van der Waals surface area contributed by atoms with Gasteiger partial charge >= 0.3 is 11.9 Å². The summed E-state index contributed by atoms with van der Waals surface area (Å²) in [6, 6.07) is 55.6. The quantitative estimate of drug-likeness (QED) is 0.0802. The van der Waals surface area contributed by atoms with Crippen LogP contribution in [0.3, 0.4) is 0 Å². The van der Waals surface area contributed by atoms with Gasteiger partial charge in [0, 0.05) is 48.7 Å².